The first-order valence-electron chi connectivity index (χ1n) is 3.00. The molecular weight excluding hydrogens is 146 g/mol. The van der Waals surface area contributed by atoms with Crippen molar-refractivity contribution >= 4 is 5.69 Å². The van der Waals surface area contributed by atoms with E-state index in [4.69, 9.17) is 20.7 Å². The van der Waals surface area contributed by atoms with Gasteiger partial charge in [-0.3, -0.25) is 0 Å². The quantitative estimate of drug-likeness (QED) is 0.317. The molecule has 0 fully saturated rings. The third-order valence-corrected chi connectivity index (χ3v) is 1.31. The highest BCUT2D eigenvalue weighted by molar-refractivity contribution is 5.62. The van der Waals surface area contributed by atoms with Crippen LogP contribution >= 0.6 is 0 Å². The van der Waals surface area contributed by atoms with Crippen LogP contribution < -0.4 is 10.5 Å². The molecule has 60 valence electrons. The van der Waals surface area contributed by atoms with Gasteiger partial charge in [0.25, 0.3) is 0 Å². The summed E-state index contributed by atoms with van der Waals surface area (Å²) in [4.78, 5) is 0. The van der Waals surface area contributed by atoms with Crippen LogP contribution in [0, 0.1) is 0 Å². The standard InChI is InChI=1S/C7H9NO3/c1-11-6-3-4(9)2-5(8)7(6)10/h2-3,9-10H,8H2,1H3. The Hall–Kier alpha value is -1.58. The Kier molecular flexibility index (Phi) is 1.76. The third kappa shape index (κ3) is 1.29. The summed E-state index contributed by atoms with van der Waals surface area (Å²) in [5, 5.41) is 18.1. The number of ether oxygens (including phenoxy) is 1. The number of benzene rings is 1. The molecule has 0 saturated heterocycles. The van der Waals surface area contributed by atoms with Gasteiger partial charge in [-0.1, -0.05) is 0 Å². The summed E-state index contributed by atoms with van der Waals surface area (Å²) in [7, 11) is 1.38. The molecule has 11 heavy (non-hydrogen) atoms. The van der Waals surface area contributed by atoms with E-state index in [0.717, 1.165) is 0 Å². The number of phenolic OH excluding ortho intramolecular Hbond substituents is 2. The summed E-state index contributed by atoms with van der Waals surface area (Å²) >= 11 is 0. The molecule has 4 heteroatoms. The van der Waals surface area contributed by atoms with E-state index in [9.17, 15) is 0 Å². The van der Waals surface area contributed by atoms with Crippen LogP contribution in [-0.2, 0) is 0 Å². The molecular formula is C7H9NO3. The fraction of sp³-hybridized carbons (Fsp3) is 0.143. The highest BCUT2D eigenvalue weighted by Crippen LogP contribution is 2.35. The smallest absolute Gasteiger partial charge is 0.181 e. The van der Waals surface area contributed by atoms with E-state index in [1.165, 1.54) is 19.2 Å². The molecule has 1 aromatic rings. The SMILES string of the molecule is COc1cc(O)cc(N)c1O. The molecule has 0 unspecified atom stereocenters. The maximum Gasteiger partial charge on any atom is 0.181 e. The van der Waals surface area contributed by atoms with Gasteiger partial charge in [-0.25, -0.2) is 0 Å². The van der Waals surface area contributed by atoms with E-state index in [0.29, 0.717) is 0 Å². The number of nitrogen functional groups attached to an aromatic ring is 1. The van der Waals surface area contributed by atoms with E-state index >= 15 is 0 Å². The monoisotopic (exact) mass is 155 g/mol. The van der Waals surface area contributed by atoms with E-state index < -0.39 is 0 Å². The second-order valence-corrected chi connectivity index (χ2v) is 2.09. The normalized spacial score (nSPS) is 9.55. The average Bonchev–Trinajstić information content (AvgIpc) is 1.96. The average molecular weight is 155 g/mol. The second kappa shape index (κ2) is 2.57. The summed E-state index contributed by atoms with van der Waals surface area (Å²) in [6.07, 6.45) is 0. The second-order valence-electron chi connectivity index (χ2n) is 2.09. The lowest BCUT2D eigenvalue weighted by molar-refractivity contribution is 0.370. The first kappa shape index (κ1) is 7.53. The molecule has 0 bridgehead atoms. The number of methoxy groups -OCH3 is 1. The first-order valence-corrected chi connectivity index (χ1v) is 3.00. The van der Waals surface area contributed by atoms with Crippen LogP contribution in [0.1, 0.15) is 0 Å². The Morgan fingerprint density at radius 2 is 2.00 bits per heavy atom. The van der Waals surface area contributed by atoms with Crippen LogP contribution in [-0.4, -0.2) is 17.3 Å². The first-order chi connectivity index (χ1) is 5.15. The minimum absolute atomic E-state index is 0.0304. The number of hydrogen-bond acceptors (Lipinski definition) is 4. The molecule has 1 aromatic carbocycles. The van der Waals surface area contributed by atoms with Gasteiger partial charge in [0.2, 0.25) is 0 Å². The zero-order valence-electron chi connectivity index (χ0n) is 6.03. The Balaban J connectivity index is 3.24. The van der Waals surface area contributed by atoms with Gasteiger partial charge in [0.15, 0.2) is 11.5 Å². The van der Waals surface area contributed by atoms with Crippen LogP contribution in [0.5, 0.6) is 17.2 Å². The van der Waals surface area contributed by atoms with Crippen molar-refractivity contribution in [2.24, 2.45) is 0 Å². The predicted octanol–water partition coefficient (Wildman–Crippen LogP) is 0.689. The number of rotatable bonds is 1. The number of hydrogen-bond donors (Lipinski definition) is 3. The molecule has 0 aliphatic rings. The third-order valence-electron chi connectivity index (χ3n) is 1.31. The molecule has 0 spiro atoms. The lowest BCUT2D eigenvalue weighted by Crippen LogP contribution is -1.89. The van der Waals surface area contributed by atoms with Crippen molar-refractivity contribution in [2.45, 2.75) is 0 Å². The van der Waals surface area contributed by atoms with Gasteiger partial charge in [0.05, 0.1) is 12.8 Å². The van der Waals surface area contributed by atoms with E-state index in [1.807, 2.05) is 0 Å². The predicted molar refractivity (Wildman–Crippen MR) is 40.7 cm³/mol. The van der Waals surface area contributed by atoms with Crippen LogP contribution in [0.4, 0.5) is 5.69 Å². The fourth-order valence-corrected chi connectivity index (χ4v) is 0.770. The lowest BCUT2D eigenvalue weighted by atomic mass is 10.2. The molecule has 0 heterocycles. The maximum atomic E-state index is 9.16. The van der Waals surface area contributed by atoms with Gasteiger partial charge >= 0.3 is 0 Å². The zero-order valence-corrected chi connectivity index (χ0v) is 6.03. The van der Waals surface area contributed by atoms with Gasteiger partial charge in [-0.15, -0.1) is 0 Å². The Bertz CT molecular complexity index is 273. The van der Waals surface area contributed by atoms with Gasteiger partial charge < -0.3 is 20.7 Å². The molecule has 0 aromatic heterocycles. The van der Waals surface area contributed by atoms with Crippen molar-refractivity contribution in [3.05, 3.63) is 12.1 Å². The summed E-state index contributed by atoms with van der Waals surface area (Å²) in [6.45, 7) is 0. The maximum absolute atomic E-state index is 9.16. The van der Waals surface area contributed by atoms with Crippen molar-refractivity contribution in [3.63, 3.8) is 0 Å². The fourth-order valence-electron chi connectivity index (χ4n) is 0.770. The Labute approximate surface area is 63.8 Å². The molecule has 4 N–H and O–H groups in total. The largest absolute Gasteiger partial charge is 0.508 e. The molecule has 0 aliphatic heterocycles. The summed E-state index contributed by atoms with van der Waals surface area (Å²) in [6, 6.07) is 2.53. The van der Waals surface area contributed by atoms with Crippen molar-refractivity contribution < 1.29 is 14.9 Å². The molecule has 1 rings (SSSR count). The highest BCUT2D eigenvalue weighted by Gasteiger charge is 2.06. The van der Waals surface area contributed by atoms with Crippen LogP contribution in [0.25, 0.3) is 0 Å². The van der Waals surface area contributed by atoms with Gasteiger partial charge in [0.1, 0.15) is 5.75 Å². The van der Waals surface area contributed by atoms with Gasteiger partial charge in [-0.05, 0) is 0 Å². The number of phenols is 2. The zero-order chi connectivity index (χ0) is 8.43. The van der Waals surface area contributed by atoms with Crippen molar-refractivity contribution in [1.29, 1.82) is 0 Å². The molecule has 0 radical (unpaired) electrons. The lowest BCUT2D eigenvalue weighted by Gasteiger charge is -2.05. The number of anilines is 1. The van der Waals surface area contributed by atoms with E-state index in [1.54, 1.807) is 0 Å². The minimum atomic E-state index is -0.148. The minimum Gasteiger partial charge on any atom is -0.508 e. The highest BCUT2D eigenvalue weighted by atomic mass is 16.5. The molecule has 4 nitrogen and oxygen atoms in total. The van der Waals surface area contributed by atoms with Crippen molar-refractivity contribution in [1.82, 2.24) is 0 Å². The summed E-state index contributed by atoms with van der Waals surface area (Å²) in [5.41, 5.74) is 5.41. The molecule has 0 aliphatic carbocycles. The summed E-state index contributed by atoms with van der Waals surface area (Å²) < 4.78 is 4.72. The van der Waals surface area contributed by atoms with Gasteiger partial charge in [0, 0.05) is 12.1 Å². The number of aromatic hydroxyl groups is 2. The van der Waals surface area contributed by atoms with Crippen LogP contribution in [0.3, 0.4) is 0 Å². The molecule has 0 amide bonds. The Morgan fingerprint density at radius 1 is 1.36 bits per heavy atom. The van der Waals surface area contributed by atoms with Crippen LogP contribution in [0.15, 0.2) is 12.1 Å². The summed E-state index contributed by atoms with van der Waals surface area (Å²) in [5.74, 6) is -0.00931. The molecule has 0 atom stereocenters. The van der Waals surface area contributed by atoms with E-state index in [-0.39, 0.29) is 22.9 Å². The molecule has 0 saturated carbocycles. The topological polar surface area (TPSA) is 75.7 Å². The Morgan fingerprint density at radius 3 is 2.55 bits per heavy atom. The number of nitrogens with two attached hydrogens (primary N) is 1. The van der Waals surface area contributed by atoms with Gasteiger partial charge in [-0.2, -0.15) is 0 Å². The van der Waals surface area contributed by atoms with Crippen molar-refractivity contribution in [2.75, 3.05) is 12.8 Å². The van der Waals surface area contributed by atoms with Crippen LogP contribution in [0.2, 0.25) is 0 Å². The van der Waals surface area contributed by atoms with E-state index in [2.05, 4.69) is 0 Å². The van der Waals surface area contributed by atoms with Crippen molar-refractivity contribution in [3.8, 4) is 17.2 Å².